The highest BCUT2D eigenvalue weighted by Crippen LogP contribution is 1.88. The molecule has 0 aromatic carbocycles. The van der Waals surface area contributed by atoms with Crippen molar-refractivity contribution in [3.8, 4) is 0 Å². The summed E-state index contributed by atoms with van der Waals surface area (Å²) in [5.74, 6) is 0. The molecule has 0 aliphatic heterocycles. The third-order valence-corrected chi connectivity index (χ3v) is 1.35. The van der Waals surface area contributed by atoms with Gasteiger partial charge in [-0.1, -0.05) is 0 Å². The van der Waals surface area contributed by atoms with Gasteiger partial charge in [-0.15, -0.1) is 0 Å². The van der Waals surface area contributed by atoms with Crippen molar-refractivity contribution in [2.24, 2.45) is 0 Å². The number of rotatable bonds is 10. The molecule has 0 amide bonds. The van der Waals surface area contributed by atoms with E-state index in [2.05, 4.69) is 0 Å². The predicted molar refractivity (Wildman–Crippen MR) is 53.8 cm³/mol. The first kappa shape index (κ1) is 13.4. The maximum Gasteiger partial charge on any atom is 0.188 e. The summed E-state index contributed by atoms with van der Waals surface area (Å²) in [6.07, 6.45) is 4.34. The second-order valence-electron chi connectivity index (χ2n) is 2.46. The average Bonchev–Trinajstić information content (AvgIpc) is 2.21. The molecule has 0 saturated carbocycles. The van der Waals surface area contributed by atoms with E-state index in [4.69, 9.17) is 18.9 Å². The first-order valence-corrected chi connectivity index (χ1v) is 4.91. The van der Waals surface area contributed by atoms with Gasteiger partial charge in [-0.05, 0) is 26.3 Å². The Hall–Kier alpha value is -0.580. The fraction of sp³-hybridized carbons (Fsp3) is 0.800. The first-order chi connectivity index (χ1) is 6.91. The van der Waals surface area contributed by atoms with Gasteiger partial charge in [0.15, 0.2) is 6.79 Å². The summed E-state index contributed by atoms with van der Waals surface area (Å²) in [5.41, 5.74) is 0. The Morgan fingerprint density at radius 3 is 2.36 bits per heavy atom. The minimum absolute atomic E-state index is 0.312. The van der Waals surface area contributed by atoms with E-state index in [0.717, 1.165) is 6.42 Å². The molecule has 0 atom stereocenters. The van der Waals surface area contributed by atoms with Gasteiger partial charge in [0.25, 0.3) is 0 Å². The van der Waals surface area contributed by atoms with E-state index in [-0.39, 0.29) is 0 Å². The highest BCUT2D eigenvalue weighted by atomic mass is 16.7. The highest BCUT2D eigenvalue weighted by Gasteiger charge is 1.84. The van der Waals surface area contributed by atoms with Crippen LogP contribution in [-0.2, 0) is 18.9 Å². The molecule has 0 heterocycles. The van der Waals surface area contributed by atoms with Crippen molar-refractivity contribution in [3.63, 3.8) is 0 Å². The van der Waals surface area contributed by atoms with Crippen LogP contribution in [0.15, 0.2) is 12.3 Å². The van der Waals surface area contributed by atoms with Crippen molar-refractivity contribution in [2.75, 3.05) is 33.4 Å². The average molecular weight is 204 g/mol. The van der Waals surface area contributed by atoms with Gasteiger partial charge >= 0.3 is 0 Å². The maximum atomic E-state index is 5.14. The molecule has 14 heavy (non-hydrogen) atoms. The van der Waals surface area contributed by atoms with Crippen LogP contribution in [0.3, 0.4) is 0 Å². The molecule has 0 aromatic heterocycles. The van der Waals surface area contributed by atoms with Gasteiger partial charge in [-0.25, -0.2) is 0 Å². The number of ether oxygens (including phenoxy) is 4. The Morgan fingerprint density at radius 1 is 0.929 bits per heavy atom. The minimum Gasteiger partial charge on any atom is -0.475 e. The van der Waals surface area contributed by atoms with Crippen molar-refractivity contribution in [3.05, 3.63) is 12.3 Å². The van der Waals surface area contributed by atoms with Crippen LogP contribution in [0, 0.1) is 0 Å². The van der Waals surface area contributed by atoms with Gasteiger partial charge in [0.2, 0.25) is 0 Å². The van der Waals surface area contributed by atoms with E-state index in [1.807, 2.05) is 19.9 Å². The lowest BCUT2D eigenvalue weighted by molar-refractivity contribution is -0.0479. The van der Waals surface area contributed by atoms with E-state index in [0.29, 0.717) is 33.4 Å². The lowest BCUT2D eigenvalue weighted by atomic mass is 10.4. The Kier molecular flexibility index (Phi) is 11.9. The summed E-state index contributed by atoms with van der Waals surface area (Å²) in [6, 6.07) is 0. The molecule has 0 rings (SSSR count). The molecule has 0 fully saturated rings. The third-order valence-electron chi connectivity index (χ3n) is 1.35. The molecule has 0 spiro atoms. The lowest BCUT2D eigenvalue weighted by Gasteiger charge is -2.01. The van der Waals surface area contributed by atoms with E-state index in [1.165, 1.54) is 0 Å². The van der Waals surface area contributed by atoms with E-state index >= 15 is 0 Å². The quantitative estimate of drug-likeness (QED) is 0.309. The Balaban J connectivity index is 2.96. The van der Waals surface area contributed by atoms with Gasteiger partial charge in [-0.3, -0.25) is 0 Å². The molecule has 0 radical (unpaired) electrons. The monoisotopic (exact) mass is 204 g/mol. The van der Waals surface area contributed by atoms with E-state index in [1.54, 1.807) is 6.26 Å². The lowest BCUT2D eigenvalue weighted by Crippen LogP contribution is -2.00. The summed E-state index contributed by atoms with van der Waals surface area (Å²) in [5, 5.41) is 0. The summed E-state index contributed by atoms with van der Waals surface area (Å²) in [4.78, 5) is 0. The van der Waals surface area contributed by atoms with Crippen LogP contribution in [0.1, 0.15) is 20.3 Å². The van der Waals surface area contributed by atoms with Crippen LogP contribution in [-0.4, -0.2) is 33.4 Å². The van der Waals surface area contributed by atoms with Crippen LogP contribution < -0.4 is 0 Å². The van der Waals surface area contributed by atoms with Crippen LogP contribution in [0.5, 0.6) is 0 Å². The number of hydrogen-bond donors (Lipinski definition) is 0. The van der Waals surface area contributed by atoms with Crippen molar-refractivity contribution in [2.45, 2.75) is 20.3 Å². The zero-order valence-electron chi connectivity index (χ0n) is 9.03. The molecule has 0 aromatic rings. The Morgan fingerprint density at radius 2 is 1.64 bits per heavy atom. The predicted octanol–water partition coefficient (Wildman–Crippen LogP) is 1.91. The highest BCUT2D eigenvalue weighted by molar-refractivity contribution is 4.72. The van der Waals surface area contributed by atoms with Crippen molar-refractivity contribution in [1.82, 2.24) is 0 Å². The van der Waals surface area contributed by atoms with Gasteiger partial charge in [0.05, 0.1) is 12.9 Å². The maximum absolute atomic E-state index is 5.14. The third kappa shape index (κ3) is 11.4. The second kappa shape index (κ2) is 12.4. The molecular formula is C10H20O4. The van der Waals surface area contributed by atoms with Crippen LogP contribution in [0.2, 0.25) is 0 Å². The van der Waals surface area contributed by atoms with Gasteiger partial charge in [-0.2, -0.15) is 0 Å². The smallest absolute Gasteiger partial charge is 0.188 e. The summed E-state index contributed by atoms with van der Waals surface area (Å²) >= 11 is 0. The van der Waals surface area contributed by atoms with E-state index < -0.39 is 0 Å². The van der Waals surface area contributed by atoms with Crippen LogP contribution >= 0.6 is 0 Å². The SMILES string of the molecule is CCOCOC=CCCOCOCC. The Bertz CT molecular complexity index is 125. The van der Waals surface area contributed by atoms with E-state index in [9.17, 15) is 0 Å². The normalized spacial score (nSPS) is 11.0. The molecule has 0 bridgehead atoms. The van der Waals surface area contributed by atoms with Gasteiger partial charge in [0.1, 0.15) is 6.79 Å². The summed E-state index contributed by atoms with van der Waals surface area (Å²) < 4.78 is 20.1. The van der Waals surface area contributed by atoms with Crippen molar-refractivity contribution in [1.29, 1.82) is 0 Å². The summed E-state index contributed by atoms with van der Waals surface area (Å²) in [7, 11) is 0. The van der Waals surface area contributed by atoms with Crippen LogP contribution in [0.4, 0.5) is 0 Å². The number of hydrogen-bond acceptors (Lipinski definition) is 4. The Labute approximate surface area is 85.8 Å². The van der Waals surface area contributed by atoms with Crippen LogP contribution in [0.25, 0.3) is 0 Å². The molecule has 0 N–H and O–H groups in total. The second-order valence-corrected chi connectivity index (χ2v) is 2.46. The first-order valence-electron chi connectivity index (χ1n) is 4.91. The molecule has 0 unspecified atom stereocenters. The molecule has 0 saturated heterocycles. The fourth-order valence-corrected chi connectivity index (χ4v) is 0.659. The largest absolute Gasteiger partial charge is 0.475 e. The van der Waals surface area contributed by atoms with Crippen molar-refractivity contribution >= 4 is 0 Å². The zero-order chi connectivity index (χ0) is 10.5. The molecule has 4 nitrogen and oxygen atoms in total. The molecule has 0 aliphatic rings. The standard InChI is InChI=1S/C10H20O4/c1-3-11-9-13-7-5-6-8-14-10-12-4-2/h5,7H,3-4,6,8-10H2,1-2H3. The molecule has 84 valence electrons. The molecular weight excluding hydrogens is 184 g/mol. The fourth-order valence-electron chi connectivity index (χ4n) is 0.659. The topological polar surface area (TPSA) is 36.9 Å². The molecule has 0 aliphatic carbocycles. The van der Waals surface area contributed by atoms with Gasteiger partial charge in [0, 0.05) is 13.2 Å². The van der Waals surface area contributed by atoms with Gasteiger partial charge < -0.3 is 18.9 Å². The summed E-state index contributed by atoms with van der Waals surface area (Å²) in [6.45, 7) is 6.55. The zero-order valence-corrected chi connectivity index (χ0v) is 9.03. The minimum atomic E-state index is 0.312. The van der Waals surface area contributed by atoms with Crippen molar-refractivity contribution < 1.29 is 18.9 Å². The molecule has 4 heteroatoms.